The Labute approximate surface area is 130 Å². The maximum Gasteiger partial charge on any atom is 0.326 e. The van der Waals surface area contributed by atoms with E-state index >= 15 is 0 Å². The van der Waals surface area contributed by atoms with Crippen LogP contribution in [0.1, 0.15) is 12.8 Å². The van der Waals surface area contributed by atoms with Gasteiger partial charge in [-0.15, -0.1) is 0 Å². The van der Waals surface area contributed by atoms with Crippen LogP contribution in [0.3, 0.4) is 0 Å². The van der Waals surface area contributed by atoms with E-state index in [-0.39, 0.29) is 6.03 Å². The third kappa shape index (κ3) is 9.54. The number of urea groups is 1. The molecule has 0 spiro atoms. The molecule has 0 aliphatic rings. The van der Waals surface area contributed by atoms with Crippen LogP contribution in [0.15, 0.2) is 0 Å². The summed E-state index contributed by atoms with van der Waals surface area (Å²) < 4.78 is 9.94. The summed E-state index contributed by atoms with van der Waals surface area (Å²) in [6, 6.07) is -1.24. The Hall–Kier alpha value is -0.990. The summed E-state index contributed by atoms with van der Waals surface area (Å²) in [6.45, 7) is 1.87. The van der Waals surface area contributed by atoms with E-state index in [1.54, 1.807) is 30.9 Å². The number of hydrogen-bond acceptors (Lipinski definition) is 5. The van der Waals surface area contributed by atoms with Crippen LogP contribution in [-0.2, 0) is 14.3 Å². The first-order valence-corrected chi connectivity index (χ1v) is 8.21. The van der Waals surface area contributed by atoms with Crippen LogP contribution in [0.4, 0.5) is 4.79 Å². The zero-order chi connectivity index (χ0) is 16.1. The van der Waals surface area contributed by atoms with Crippen LogP contribution in [0.25, 0.3) is 0 Å². The van der Waals surface area contributed by atoms with Gasteiger partial charge in [-0.25, -0.2) is 9.59 Å². The summed E-state index contributed by atoms with van der Waals surface area (Å²) in [7, 11) is 3.16. The highest BCUT2D eigenvalue weighted by Crippen LogP contribution is 2.03. The monoisotopic (exact) mass is 322 g/mol. The molecule has 7 nitrogen and oxygen atoms in total. The third-order valence-electron chi connectivity index (χ3n) is 2.84. The van der Waals surface area contributed by atoms with Gasteiger partial charge < -0.3 is 24.8 Å². The van der Waals surface area contributed by atoms with Crippen molar-refractivity contribution in [3.05, 3.63) is 0 Å². The van der Waals surface area contributed by atoms with Gasteiger partial charge in [0.2, 0.25) is 0 Å². The maximum atomic E-state index is 12.2. The van der Waals surface area contributed by atoms with Crippen LogP contribution >= 0.6 is 11.8 Å². The van der Waals surface area contributed by atoms with E-state index in [0.29, 0.717) is 44.9 Å². The average Bonchev–Trinajstić information content (AvgIpc) is 2.46. The van der Waals surface area contributed by atoms with Gasteiger partial charge in [-0.05, 0) is 24.9 Å². The second kappa shape index (κ2) is 12.7. The molecule has 0 aliphatic carbocycles. The molecule has 0 radical (unpaired) electrons. The molecule has 0 fully saturated rings. The lowest BCUT2D eigenvalue weighted by atomic mass is 10.2. The number of thioether (sulfide) groups is 1. The molecule has 2 amide bonds. The number of amides is 2. The molecule has 0 heterocycles. The molecule has 8 heteroatoms. The van der Waals surface area contributed by atoms with Crippen LogP contribution < -0.4 is 5.32 Å². The molecule has 0 aliphatic heterocycles. The highest BCUT2D eigenvalue weighted by molar-refractivity contribution is 7.98. The number of nitrogens with one attached hydrogen (secondary N) is 1. The number of ether oxygens (including phenoxy) is 2. The van der Waals surface area contributed by atoms with E-state index in [1.807, 2.05) is 6.26 Å². The highest BCUT2D eigenvalue weighted by atomic mass is 32.2. The summed E-state index contributed by atoms with van der Waals surface area (Å²) in [5.74, 6) is -0.333. The van der Waals surface area contributed by atoms with Crippen molar-refractivity contribution in [2.24, 2.45) is 0 Å². The largest absolute Gasteiger partial charge is 0.480 e. The minimum Gasteiger partial charge on any atom is -0.480 e. The minimum atomic E-state index is -1.01. The van der Waals surface area contributed by atoms with Crippen molar-refractivity contribution in [3.63, 3.8) is 0 Å². The molecule has 0 aromatic rings. The van der Waals surface area contributed by atoms with Crippen LogP contribution in [0.2, 0.25) is 0 Å². The van der Waals surface area contributed by atoms with Crippen molar-refractivity contribution in [3.8, 4) is 0 Å². The van der Waals surface area contributed by atoms with Gasteiger partial charge in [0.1, 0.15) is 6.04 Å². The average molecular weight is 322 g/mol. The number of methoxy groups -OCH3 is 2. The van der Waals surface area contributed by atoms with E-state index in [0.717, 1.165) is 0 Å². The Morgan fingerprint density at radius 2 is 1.90 bits per heavy atom. The molecule has 0 saturated heterocycles. The van der Waals surface area contributed by atoms with Gasteiger partial charge in [0.15, 0.2) is 0 Å². The van der Waals surface area contributed by atoms with Crippen molar-refractivity contribution >= 4 is 23.8 Å². The molecule has 0 aromatic carbocycles. The normalized spacial score (nSPS) is 12.0. The quantitative estimate of drug-likeness (QED) is 0.519. The highest BCUT2D eigenvalue weighted by Gasteiger charge is 2.22. The molecule has 0 unspecified atom stereocenters. The zero-order valence-electron chi connectivity index (χ0n) is 13.0. The van der Waals surface area contributed by atoms with Gasteiger partial charge in [0.05, 0.1) is 6.61 Å². The molecule has 0 saturated carbocycles. The van der Waals surface area contributed by atoms with Crippen LogP contribution in [-0.4, -0.2) is 80.6 Å². The number of carboxylic acid groups (broad SMARTS) is 1. The van der Waals surface area contributed by atoms with Crippen molar-refractivity contribution in [1.82, 2.24) is 10.2 Å². The lowest BCUT2D eigenvalue weighted by molar-refractivity contribution is -0.139. The van der Waals surface area contributed by atoms with Crippen molar-refractivity contribution < 1.29 is 24.2 Å². The molecule has 2 N–H and O–H groups in total. The number of rotatable bonds is 12. The predicted molar refractivity (Wildman–Crippen MR) is 82.9 cm³/mol. The first-order chi connectivity index (χ1) is 10.1. The van der Waals surface area contributed by atoms with Gasteiger partial charge in [0, 0.05) is 33.9 Å². The molecule has 21 heavy (non-hydrogen) atoms. The fourth-order valence-electron chi connectivity index (χ4n) is 1.65. The van der Waals surface area contributed by atoms with E-state index in [2.05, 4.69) is 5.32 Å². The molecule has 124 valence electrons. The Balaban J connectivity index is 4.48. The van der Waals surface area contributed by atoms with Gasteiger partial charge >= 0.3 is 12.0 Å². The van der Waals surface area contributed by atoms with E-state index in [1.165, 1.54) is 0 Å². The molecule has 0 rings (SSSR count). The van der Waals surface area contributed by atoms with Gasteiger partial charge in [0.25, 0.3) is 0 Å². The Bertz CT molecular complexity index is 304. The van der Waals surface area contributed by atoms with Gasteiger partial charge in [-0.1, -0.05) is 0 Å². The molecule has 0 bridgehead atoms. The summed E-state index contributed by atoms with van der Waals surface area (Å²) in [5, 5.41) is 11.7. The van der Waals surface area contributed by atoms with Crippen molar-refractivity contribution in [1.29, 1.82) is 0 Å². The predicted octanol–water partition coefficient (Wildman–Crippen LogP) is 0.887. The Morgan fingerprint density at radius 1 is 1.24 bits per heavy atom. The summed E-state index contributed by atoms with van der Waals surface area (Å²) in [4.78, 5) is 24.9. The number of carbonyl (C=O) groups is 2. The molecule has 1 atom stereocenters. The van der Waals surface area contributed by atoms with Crippen molar-refractivity contribution in [2.75, 3.05) is 52.5 Å². The molecular formula is C13H26N2O5S. The number of nitrogens with zero attached hydrogens (tertiary/aromatic N) is 1. The Kier molecular flexibility index (Phi) is 12.1. The second-order valence-corrected chi connectivity index (χ2v) is 5.43. The van der Waals surface area contributed by atoms with E-state index in [9.17, 15) is 9.59 Å². The standard InChI is InChI=1S/C13H26N2O5S/c1-19-8-4-6-15(7-9-20-2)13(18)14-11(12(16)17)5-10-21-3/h11H,4-10H2,1-3H3,(H,14,18)(H,16,17)/t11-/m1/s1. The van der Waals surface area contributed by atoms with Gasteiger partial charge in [-0.2, -0.15) is 11.8 Å². The fourth-order valence-corrected chi connectivity index (χ4v) is 2.12. The zero-order valence-corrected chi connectivity index (χ0v) is 13.8. The smallest absolute Gasteiger partial charge is 0.326 e. The number of hydrogen-bond donors (Lipinski definition) is 2. The van der Waals surface area contributed by atoms with E-state index in [4.69, 9.17) is 14.6 Å². The lowest BCUT2D eigenvalue weighted by Gasteiger charge is -2.25. The second-order valence-electron chi connectivity index (χ2n) is 4.45. The van der Waals surface area contributed by atoms with Crippen LogP contribution in [0.5, 0.6) is 0 Å². The third-order valence-corrected chi connectivity index (χ3v) is 3.48. The van der Waals surface area contributed by atoms with Crippen molar-refractivity contribution in [2.45, 2.75) is 18.9 Å². The SMILES string of the molecule is COCCCN(CCOC)C(=O)N[C@H](CCSC)C(=O)O. The molecule has 0 aromatic heterocycles. The van der Waals surface area contributed by atoms with Gasteiger partial charge in [-0.3, -0.25) is 0 Å². The first kappa shape index (κ1) is 20.0. The number of carbonyl (C=O) groups excluding carboxylic acids is 1. The summed E-state index contributed by atoms with van der Waals surface area (Å²) in [6.07, 6.45) is 2.99. The van der Waals surface area contributed by atoms with Crippen LogP contribution in [0, 0.1) is 0 Å². The number of carboxylic acids is 1. The number of aliphatic carboxylic acids is 1. The Morgan fingerprint density at radius 3 is 2.43 bits per heavy atom. The fraction of sp³-hybridized carbons (Fsp3) is 0.846. The first-order valence-electron chi connectivity index (χ1n) is 6.81. The van der Waals surface area contributed by atoms with E-state index < -0.39 is 12.0 Å². The summed E-state index contributed by atoms with van der Waals surface area (Å²) >= 11 is 1.55. The maximum absolute atomic E-state index is 12.2. The topological polar surface area (TPSA) is 88.1 Å². The minimum absolute atomic E-state index is 0.378. The summed E-state index contributed by atoms with van der Waals surface area (Å²) in [5.41, 5.74) is 0. The molecular weight excluding hydrogens is 296 g/mol. The lowest BCUT2D eigenvalue weighted by Crippen LogP contribution is -2.49.